The topological polar surface area (TPSA) is 57.5 Å². The van der Waals surface area contributed by atoms with Crippen LogP contribution in [-0.4, -0.2) is 77.0 Å². The van der Waals surface area contributed by atoms with E-state index < -0.39 is 6.24 Å². The van der Waals surface area contributed by atoms with Gasteiger partial charge in [0.2, 0.25) is 6.24 Å². The Bertz CT molecular complexity index is 56.9. The molecule has 0 heterocycles. The van der Waals surface area contributed by atoms with Gasteiger partial charge in [-0.2, -0.15) is 0 Å². The van der Waals surface area contributed by atoms with Crippen LogP contribution in [0.2, 0.25) is 0 Å². The summed E-state index contributed by atoms with van der Waals surface area (Å²) >= 11 is 0.678. The summed E-state index contributed by atoms with van der Waals surface area (Å²) in [7, 11) is 0. The van der Waals surface area contributed by atoms with E-state index in [1.54, 1.807) is 0 Å². The molecule has 0 aromatic heterocycles. The standard InChI is InChI=1S/Al.K.HO3P.2H/c;;1-4(2)3;;/h;;(H-,1,2,3);;/q-1;;;;/p+1. The van der Waals surface area contributed by atoms with E-state index in [9.17, 15) is 4.57 Å². The van der Waals surface area contributed by atoms with Gasteiger partial charge in [0.15, 0.2) is 0 Å². The van der Waals surface area contributed by atoms with Gasteiger partial charge in [0.25, 0.3) is 0 Å². The monoisotopic (exact) mass is 149 g/mol. The molecular weight excluding hydrogens is 145 g/mol. The molecule has 0 saturated carbocycles. The van der Waals surface area contributed by atoms with Gasteiger partial charge in [0, 0.05) is 0 Å². The third-order valence-electron chi connectivity index (χ3n) is 0. The molecule has 0 unspecified atom stereocenters. The van der Waals surface area contributed by atoms with E-state index in [1.807, 2.05) is 0 Å². The Labute approximate surface area is 86.1 Å². The first-order chi connectivity index (χ1) is 2.00. The van der Waals surface area contributed by atoms with Crippen molar-refractivity contribution in [2.45, 2.75) is 0 Å². The summed E-state index contributed by atoms with van der Waals surface area (Å²) in [6.45, 7) is 0. The van der Waals surface area contributed by atoms with Gasteiger partial charge in [-0.1, -0.05) is 0 Å². The Hall–Kier alpha value is 2.32. The van der Waals surface area contributed by atoms with Crippen LogP contribution in [0.15, 0.2) is 0 Å². The van der Waals surface area contributed by atoms with Gasteiger partial charge in [-0.05, 0) is 0 Å². The first-order valence-corrected chi connectivity index (χ1v) is 4.59. The van der Waals surface area contributed by atoms with Crippen molar-refractivity contribution in [3.8, 4) is 0 Å². The van der Waals surface area contributed by atoms with Crippen LogP contribution in [0, 0.1) is 0 Å². The predicted molar refractivity (Wildman–Crippen MR) is 26.3 cm³/mol. The zero-order valence-corrected chi connectivity index (χ0v) is 4.77. The van der Waals surface area contributed by atoms with Crippen LogP contribution in [-0.2, 0) is 4.57 Å². The van der Waals surface area contributed by atoms with Gasteiger partial charge in [0.1, 0.15) is 0 Å². The fourth-order valence-electron chi connectivity index (χ4n) is 0. The van der Waals surface area contributed by atoms with Gasteiger partial charge in [-0.3, -0.25) is 4.57 Å². The fraction of sp³-hybridized carbons (Fsp3) is 0. The van der Waals surface area contributed by atoms with Crippen LogP contribution in [0.25, 0.3) is 0 Å². The fourth-order valence-corrected chi connectivity index (χ4v) is 0. The molecule has 0 aromatic rings. The summed E-state index contributed by atoms with van der Waals surface area (Å²) < 4.78 is 9.34. The Morgan fingerprint density at radius 1 is 1.50 bits per heavy atom. The zero-order chi connectivity index (χ0) is 4.50. The molecule has 6 heteroatoms. The molecule has 0 fully saturated rings. The van der Waals surface area contributed by atoms with Crippen molar-refractivity contribution in [1.82, 2.24) is 0 Å². The first-order valence-electron chi connectivity index (χ1n) is 0.899. The molecule has 0 aromatic carbocycles. The molecule has 31 valence electrons. The minimum atomic E-state index is -3.61. The molecule has 0 aliphatic carbocycles. The summed E-state index contributed by atoms with van der Waals surface area (Å²) in [5.74, 6) is 0. The Morgan fingerprint density at radius 3 is 1.50 bits per heavy atom. The molecule has 3 nitrogen and oxygen atoms in total. The Morgan fingerprint density at radius 2 is 1.50 bits per heavy atom. The van der Waals surface area contributed by atoms with Crippen LogP contribution in [0.5, 0.6) is 0 Å². The van der Waals surface area contributed by atoms with Gasteiger partial charge in [-0.15, -0.1) is 0 Å². The molecule has 0 aliphatic rings. The molecular formula is H4AlKO3P. The molecule has 0 bridgehead atoms. The SMILES string of the molecule is O=[P](O)(O)[AlH].[KH]. The Kier molecular flexibility index (Phi) is 7.85. The van der Waals surface area contributed by atoms with Gasteiger partial charge in [0.05, 0.1) is 0 Å². The number of hydrogen-bond donors (Lipinski definition) is 2. The van der Waals surface area contributed by atoms with Crippen LogP contribution in [0.4, 0.5) is 0 Å². The average Bonchev–Trinajstić information content (AvgIpc) is 0.722. The first kappa shape index (κ1) is 11.2. The summed E-state index contributed by atoms with van der Waals surface area (Å²) in [5, 5.41) is 0. The molecule has 6 heavy (non-hydrogen) atoms. The minimum absolute atomic E-state index is 0. The molecule has 0 atom stereocenters. The maximum absolute atomic E-state index is 9.34. The maximum atomic E-state index is 9.34. The van der Waals surface area contributed by atoms with Crippen LogP contribution in [0.3, 0.4) is 0 Å². The molecule has 2 N–H and O–H groups in total. The van der Waals surface area contributed by atoms with Crippen molar-refractivity contribution in [2.24, 2.45) is 0 Å². The van der Waals surface area contributed by atoms with Gasteiger partial charge >= 0.3 is 67.2 Å². The summed E-state index contributed by atoms with van der Waals surface area (Å²) in [6.07, 6.45) is -3.61. The van der Waals surface area contributed by atoms with Crippen molar-refractivity contribution in [3.63, 3.8) is 0 Å². The van der Waals surface area contributed by atoms with Crippen molar-refractivity contribution >= 4 is 73.5 Å². The third kappa shape index (κ3) is 33.2. The van der Waals surface area contributed by atoms with Crippen molar-refractivity contribution < 1.29 is 14.4 Å². The molecule has 0 saturated heterocycles. The molecule has 0 aliphatic heterocycles. The van der Waals surface area contributed by atoms with E-state index in [4.69, 9.17) is 9.79 Å². The summed E-state index contributed by atoms with van der Waals surface area (Å²) in [4.78, 5) is 15.3. The van der Waals surface area contributed by atoms with E-state index in [1.165, 1.54) is 0 Å². The summed E-state index contributed by atoms with van der Waals surface area (Å²) in [5.41, 5.74) is 0. The van der Waals surface area contributed by atoms with E-state index in [-0.39, 0.29) is 51.4 Å². The normalized spacial score (nSPS) is 9.67. The van der Waals surface area contributed by atoms with E-state index in [0.29, 0.717) is 15.8 Å². The summed E-state index contributed by atoms with van der Waals surface area (Å²) in [6, 6.07) is 0. The third-order valence-corrected chi connectivity index (χ3v) is 0. The molecule has 0 amide bonds. The number of rotatable bonds is 0. The van der Waals surface area contributed by atoms with Crippen LogP contribution >= 0.6 is 6.24 Å². The van der Waals surface area contributed by atoms with E-state index in [0.717, 1.165) is 0 Å². The Balaban J connectivity index is 0. The zero-order valence-electron chi connectivity index (χ0n) is 2.46. The quantitative estimate of drug-likeness (QED) is 0.320. The second-order valence-corrected chi connectivity index (χ2v) is 4.47. The number of hydrogen-bond acceptors (Lipinski definition) is 1. The second kappa shape index (κ2) is 4.22. The molecule has 0 spiro atoms. The predicted octanol–water partition coefficient (Wildman–Crippen LogP) is -1.67. The molecule has 0 rings (SSSR count). The molecule has 1 radical (unpaired) electrons. The van der Waals surface area contributed by atoms with Crippen LogP contribution in [0.1, 0.15) is 0 Å². The average molecular weight is 149 g/mol. The second-order valence-electron chi connectivity index (χ2n) is 0.665. The van der Waals surface area contributed by atoms with Crippen LogP contribution < -0.4 is 0 Å². The van der Waals surface area contributed by atoms with Gasteiger partial charge < -0.3 is 9.79 Å². The van der Waals surface area contributed by atoms with E-state index >= 15 is 0 Å². The van der Waals surface area contributed by atoms with Crippen molar-refractivity contribution in [2.75, 3.05) is 0 Å². The van der Waals surface area contributed by atoms with Crippen molar-refractivity contribution in [1.29, 1.82) is 0 Å². The van der Waals surface area contributed by atoms with E-state index in [2.05, 4.69) is 0 Å². The van der Waals surface area contributed by atoms with Gasteiger partial charge in [-0.25, -0.2) is 0 Å². The van der Waals surface area contributed by atoms with Crippen molar-refractivity contribution in [3.05, 3.63) is 0 Å².